The molecule has 34 heavy (non-hydrogen) atoms. The van der Waals surface area contributed by atoms with E-state index in [1.807, 2.05) is 13.8 Å². The lowest BCUT2D eigenvalue weighted by Crippen LogP contribution is -2.42. The summed E-state index contributed by atoms with van der Waals surface area (Å²) in [5.41, 5.74) is 7.87. The van der Waals surface area contributed by atoms with Gasteiger partial charge in [-0.25, -0.2) is 14.6 Å². The van der Waals surface area contributed by atoms with Crippen molar-refractivity contribution >= 4 is 17.9 Å². The number of halogens is 1. The summed E-state index contributed by atoms with van der Waals surface area (Å²) in [6, 6.07) is -0.333. The Balaban J connectivity index is 1.41. The molecule has 1 atom stereocenters. The minimum atomic E-state index is -0.541. The molecule has 4 rings (SSSR count). The number of allylic oxidation sites excluding steroid dienone is 2. The van der Waals surface area contributed by atoms with Crippen LogP contribution in [0, 0.1) is 11.7 Å². The number of hydrogen-bond acceptors (Lipinski definition) is 4. The minimum absolute atomic E-state index is 0.0691. The Labute approximate surface area is 202 Å². The van der Waals surface area contributed by atoms with Crippen LogP contribution in [0.4, 0.5) is 14.9 Å². The van der Waals surface area contributed by atoms with Gasteiger partial charge in [0.25, 0.3) is 0 Å². The van der Waals surface area contributed by atoms with Gasteiger partial charge in [0, 0.05) is 17.9 Å². The number of urea groups is 1. The highest BCUT2D eigenvalue weighted by molar-refractivity contribution is 5.92. The van der Waals surface area contributed by atoms with Gasteiger partial charge >= 0.3 is 6.03 Å². The number of nitrogens with one attached hydrogen (secondary N) is 2. The van der Waals surface area contributed by atoms with E-state index in [1.165, 1.54) is 25.7 Å². The van der Waals surface area contributed by atoms with Gasteiger partial charge in [-0.1, -0.05) is 32.6 Å². The highest BCUT2D eigenvalue weighted by Crippen LogP contribution is 2.41. The van der Waals surface area contributed by atoms with E-state index in [1.54, 1.807) is 6.21 Å². The molecule has 1 saturated carbocycles. The van der Waals surface area contributed by atoms with Crippen LogP contribution in [-0.2, 0) is 25.7 Å². The van der Waals surface area contributed by atoms with Crippen molar-refractivity contribution in [2.75, 3.05) is 5.32 Å². The lowest BCUT2D eigenvalue weighted by atomic mass is 9.98. The van der Waals surface area contributed by atoms with E-state index in [9.17, 15) is 14.4 Å². The van der Waals surface area contributed by atoms with Gasteiger partial charge in [0.2, 0.25) is 0 Å². The maximum atomic E-state index is 14.9. The molecule has 1 aromatic rings. The second-order valence-corrected chi connectivity index (χ2v) is 10.3. The molecule has 1 fully saturated rings. The third-order valence-electron chi connectivity index (χ3n) is 7.48. The monoisotopic (exact) mass is 470 g/mol. The molecule has 0 heterocycles. The van der Waals surface area contributed by atoms with Crippen LogP contribution in [0.2, 0.25) is 0 Å². The fourth-order valence-corrected chi connectivity index (χ4v) is 5.34. The predicted molar refractivity (Wildman–Crippen MR) is 134 cm³/mol. The van der Waals surface area contributed by atoms with Gasteiger partial charge in [0.15, 0.2) is 0 Å². The van der Waals surface area contributed by atoms with Crippen LogP contribution in [0.25, 0.3) is 0 Å². The van der Waals surface area contributed by atoms with Gasteiger partial charge in [0.05, 0.1) is 0 Å². The number of hydrogen-bond donors (Lipinski definition) is 3. The second kappa shape index (κ2) is 10.9. The number of hydroxylamine groups is 1. The second-order valence-electron chi connectivity index (χ2n) is 10.3. The summed E-state index contributed by atoms with van der Waals surface area (Å²) in [4.78, 5) is 17.6. The molecule has 3 aliphatic carbocycles. The molecule has 1 aromatic carbocycles. The fourth-order valence-electron chi connectivity index (χ4n) is 5.34. The number of nitrogens with zero attached hydrogens (tertiary/aromatic N) is 2. The summed E-state index contributed by atoms with van der Waals surface area (Å²) in [6.45, 7) is 5.87. The number of hydrazine groups is 1. The first-order valence-electron chi connectivity index (χ1n) is 13.0. The van der Waals surface area contributed by atoms with Gasteiger partial charge in [-0.05, 0) is 99.0 Å². The molecule has 1 unspecified atom stereocenters. The maximum absolute atomic E-state index is 14.9. The Bertz CT molecular complexity index is 944. The number of carbonyl (C=O) groups is 1. The molecule has 0 saturated heterocycles. The minimum Gasteiger partial charge on any atom is -0.306 e. The SMILES string of the molecule is CCC(CCCC1CC1)/N=C\C(=C(C)C)N(O)NC(=O)Nc1c2c(c(F)c3c1CCC3)CCC2. The highest BCUT2D eigenvalue weighted by atomic mass is 19.1. The third-order valence-corrected chi connectivity index (χ3v) is 7.48. The number of anilines is 1. The summed E-state index contributed by atoms with van der Waals surface area (Å²) >= 11 is 0. The van der Waals surface area contributed by atoms with E-state index in [-0.39, 0.29) is 11.9 Å². The smallest absolute Gasteiger partial charge is 0.306 e. The van der Waals surface area contributed by atoms with Crippen LogP contribution in [-0.4, -0.2) is 28.7 Å². The molecule has 7 heteroatoms. The van der Waals surface area contributed by atoms with Crippen molar-refractivity contribution in [3.05, 3.63) is 39.3 Å². The Hall–Kier alpha value is -2.41. The predicted octanol–water partition coefficient (Wildman–Crippen LogP) is 6.25. The molecule has 0 bridgehead atoms. The quantitative estimate of drug-likeness (QED) is 0.279. The third kappa shape index (κ3) is 5.62. The van der Waals surface area contributed by atoms with E-state index in [2.05, 4.69) is 17.7 Å². The summed E-state index contributed by atoms with van der Waals surface area (Å²) in [6.07, 6.45) is 13.6. The normalized spacial score (nSPS) is 17.4. The molecule has 6 nitrogen and oxygen atoms in total. The summed E-state index contributed by atoms with van der Waals surface area (Å²) < 4.78 is 14.9. The molecular weight excluding hydrogens is 431 g/mol. The number of aliphatic imine (C=N–C) groups is 1. The molecular formula is C27H39FN4O2. The Morgan fingerprint density at radius 3 is 2.32 bits per heavy atom. The Morgan fingerprint density at radius 1 is 1.15 bits per heavy atom. The zero-order chi connectivity index (χ0) is 24.2. The first-order chi connectivity index (χ1) is 16.4. The van der Waals surface area contributed by atoms with Crippen molar-refractivity contribution < 1.29 is 14.4 Å². The van der Waals surface area contributed by atoms with E-state index in [0.717, 1.165) is 83.1 Å². The van der Waals surface area contributed by atoms with Crippen molar-refractivity contribution in [2.24, 2.45) is 10.9 Å². The number of amides is 2. The standard InChI is InChI=1S/C27H39FN4O2/c1-4-19(9-5-8-18-14-15-18)29-16-24(17(2)3)32(34)31-27(33)30-26-22-12-6-10-20(22)25(28)21-11-7-13-23(21)26/h16,18-19,34H,4-15H2,1-3H3,(H2,30,31,33)/b29-16-. The highest BCUT2D eigenvalue weighted by Gasteiger charge is 2.30. The molecule has 0 aliphatic heterocycles. The summed E-state index contributed by atoms with van der Waals surface area (Å²) in [5, 5.41) is 14.3. The molecule has 3 N–H and O–H groups in total. The first-order valence-corrected chi connectivity index (χ1v) is 13.0. The summed E-state index contributed by atoms with van der Waals surface area (Å²) in [7, 11) is 0. The first kappa shape index (κ1) is 24.7. The van der Waals surface area contributed by atoms with Crippen LogP contribution < -0.4 is 10.7 Å². The van der Waals surface area contributed by atoms with E-state index < -0.39 is 6.03 Å². The van der Waals surface area contributed by atoms with Crippen molar-refractivity contribution in [1.82, 2.24) is 10.6 Å². The molecule has 2 amide bonds. The van der Waals surface area contributed by atoms with Crippen LogP contribution in [0.1, 0.15) is 94.4 Å². The molecule has 0 radical (unpaired) electrons. The van der Waals surface area contributed by atoms with E-state index in [4.69, 9.17) is 4.99 Å². The van der Waals surface area contributed by atoms with Gasteiger partial charge in [-0.3, -0.25) is 10.2 Å². The molecule has 0 spiro atoms. The average Bonchev–Trinajstić information content (AvgIpc) is 3.27. The van der Waals surface area contributed by atoms with Crippen molar-refractivity contribution in [3.8, 4) is 0 Å². The van der Waals surface area contributed by atoms with Gasteiger partial charge in [-0.2, -0.15) is 5.17 Å². The lowest BCUT2D eigenvalue weighted by molar-refractivity contribution is -0.0806. The van der Waals surface area contributed by atoms with E-state index in [0.29, 0.717) is 18.5 Å². The Kier molecular flexibility index (Phi) is 7.91. The zero-order valence-corrected chi connectivity index (χ0v) is 20.8. The van der Waals surface area contributed by atoms with Crippen molar-refractivity contribution in [1.29, 1.82) is 0 Å². The fraction of sp³-hybridized carbons (Fsp3) is 0.630. The van der Waals surface area contributed by atoms with Gasteiger partial charge < -0.3 is 5.32 Å². The van der Waals surface area contributed by atoms with E-state index >= 15 is 0 Å². The van der Waals surface area contributed by atoms with Crippen molar-refractivity contribution in [2.45, 2.75) is 104 Å². The number of fused-ring (bicyclic) bond motifs is 2. The maximum Gasteiger partial charge on any atom is 0.339 e. The van der Waals surface area contributed by atoms with Crippen LogP contribution in [0.3, 0.4) is 0 Å². The summed E-state index contributed by atoms with van der Waals surface area (Å²) in [5.74, 6) is 0.856. The molecule has 3 aliphatic rings. The number of benzene rings is 1. The van der Waals surface area contributed by atoms with Crippen molar-refractivity contribution in [3.63, 3.8) is 0 Å². The Morgan fingerprint density at radius 2 is 1.76 bits per heavy atom. The largest absolute Gasteiger partial charge is 0.339 e. The van der Waals surface area contributed by atoms with Crippen LogP contribution in [0.5, 0.6) is 0 Å². The molecule has 0 aromatic heterocycles. The lowest BCUT2D eigenvalue weighted by Gasteiger charge is -2.22. The van der Waals surface area contributed by atoms with Gasteiger partial charge in [-0.15, -0.1) is 0 Å². The average molecular weight is 471 g/mol. The zero-order valence-electron chi connectivity index (χ0n) is 20.8. The number of carbonyl (C=O) groups excluding carboxylic acids is 1. The van der Waals surface area contributed by atoms with Crippen LogP contribution >= 0.6 is 0 Å². The van der Waals surface area contributed by atoms with Crippen LogP contribution in [0.15, 0.2) is 16.3 Å². The molecule has 186 valence electrons. The number of rotatable bonds is 10. The topological polar surface area (TPSA) is 77.0 Å². The van der Waals surface area contributed by atoms with Gasteiger partial charge in [0.1, 0.15) is 11.5 Å².